The molecule has 1 aromatic carbocycles. The average molecular weight is 292 g/mol. The van der Waals surface area contributed by atoms with Crippen LogP contribution in [0.5, 0.6) is 11.5 Å². The molecule has 0 atom stereocenters. The van der Waals surface area contributed by atoms with Crippen molar-refractivity contribution in [3.8, 4) is 11.5 Å². The number of aliphatic carboxylic acids is 1. The van der Waals surface area contributed by atoms with Crippen molar-refractivity contribution >= 4 is 5.97 Å². The molecule has 0 unspecified atom stereocenters. The number of carbonyl (C=O) groups is 1. The quantitative estimate of drug-likeness (QED) is 0.902. The third-order valence-corrected chi connectivity index (χ3v) is 4.34. The molecule has 2 aliphatic rings. The lowest BCUT2D eigenvalue weighted by molar-refractivity contribution is -0.140. The summed E-state index contributed by atoms with van der Waals surface area (Å²) < 4.78 is 16.7. The van der Waals surface area contributed by atoms with Gasteiger partial charge >= 0.3 is 5.97 Å². The van der Waals surface area contributed by atoms with Crippen LogP contribution in [-0.4, -0.2) is 37.5 Å². The Labute approximate surface area is 123 Å². The maximum absolute atomic E-state index is 11.5. The van der Waals surface area contributed by atoms with Gasteiger partial charge in [-0.1, -0.05) is 6.07 Å². The number of benzene rings is 1. The van der Waals surface area contributed by atoms with E-state index in [0.29, 0.717) is 37.6 Å². The third-order valence-electron chi connectivity index (χ3n) is 4.34. The standard InChI is InChI=1S/C16H20O5/c1-19-13-3-2-11(16(6-7-16)15(17)18)10-14(13)21-12-4-8-20-9-5-12/h2-3,10,12H,4-9H2,1H3,(H,17,18). The molecule has 1 aliphatic heterocycles. The number of ether oxygens (including phenoxy) is 3. The van der Waals surface area contributed by atoms with Crippen LogP contribution in [0.3, 0.4) is 0 Å². The topological polar surface area (TPSA) is 65.0 Å². The van der Waals surface area contributed by atoms with Crippen LogP contribution in [-0.2, 0) is 14.9 Å². The lowest BCUT2D eigenvalue weighted by Crippen LogP contribution is -2.26. The summed E-state index contributed by atoms with van der Waals surface area (Å²) in [5.74, 6) is 0.519. The largest absolute Gasteiger partial charge is 0.493 e. The van der Waals surface area contributed by atoms with Crippen molar-refractivity contribution in [3.63, 3.8) is 0 Å². The Kier molecular flexibility index (Phi) is 3.76. The SMILES string of the molecule is COc1ccc(C2(C(=O)O)CC2)cc1OC1CCOCC1. The molecule has 0 aromatic heterocycles. The van der Waals surface area contributed by atoms with Gasteiger partial charge in [-0.15, -0.1) is 0 Å². The second-order valence-electron chi connectivity index (χ2n) is 5.68. The van der Waals surface area contributed by atoms with Crippen molar-refractivity contribution in [2.75, 3.05) is 20.3 Å². The van der Waals surface area contributed by atoms with Gasteiger partial charge in [0, 0.05) is 12.8 Å². The predicted molar refractivity (Wildman–Crippen MR) is 76.0 cm³/mol. The van der Waals surface area contributed by atoms with E-state index in [1.54, 1.807) is 13.2 Å². The number of methoxy groups -OCH3 is 1. The first-order chi connectivity index (χ1) is 10.2. The van der Waals surface area contributed by atoms with E-state index in [2.05, 4.69) is 0 Å². The van der Waals surface area contributed by atoms with Crippen molar-refractivity contribution in [2.24, 2.45) is 0 Å². The highest BCUT2D eigenvalue weighted by atomic mass is 16.5. The van der Waals surface area contributed by atoms with Crippen LogP contribution >= 0.6 is 0 Å². The molecule has 1 aromatic rings. The summed E-state index contributed by atoms with van der Waals surface area (Å²) in [7, 11) is 1.59. The van der Waals surface area contributed by atoms with E-state index in [1.165, 1.54) is 0 Å². The first-order valence-electron chi connectivity index (χ1n) is 7.32. The summed E-state index contributed by atoms with van der Waals surface area (Å²) >= 11 is 0. The number of carboxylic acid groups (broad SMARTS) is 1. The maximum atomic E-state index is 11.5. The molecule has 0 bridgehead atoms. The van der Waals surface area contributed by atoms with Gasteiger partial charge in [-0.2, -0.15) is 0 Å². The van der Waals surface area contributed by atoms with Crippen molar-refractivity contribution in [1.29, 1.82) is 0 Å². The molecule has 5 heteroatoms. The number of carboxylic acids is 1. The molecule has 1 saturated heterocycles. The molecule has 0 spiro atoms. The van der Waals surface area contributed by atoms with Crippen LogP contribution in [0, 0.1) is 0 Å². The van der Waals surface area contributed by atoms with Gasteiger partial charge in [-0.25, -0.2) is 0 Å². The zero-order valence-corrected chi connectivity index (χ0v) is 12.1. The van der Waals surface area contributed by atoms with E-state index < -0.39 is 11.4 Å². The van der Waals surface area contributed by atoms with Gasteiger partial charge in [0.05, 0.1) is 25.7 Å². The lowest BCUT2D eigenvalue weighted by atomic mass is 9.96. The summed E-state index contributed by atoms with van der Waals surface area (Å²) in [4.78, 5) is 11.5. The van der Waals surface area contributed by atoms with Gasteiger partial charge in [-0.3, -0.25) is 4.79 Å². The first-order valence-corrected chi connectivity index (χ1v) is 7.32. The van der Waals surface area contributed by atoms with Gasteiger partial charge in [0.25, 0.3) is 0 Å². The minimum Gasteiger partial charge on any atom is -0.493 e. The third kappa shape index (κ3) is 2.70. The second-order valence-corrected chi connectivity index (χ2v) is 5.68. The zero-order valence-electron chi connectivity index (χ0n) is 12.1. The second kappa shape index (κ2) is 5.56. The summed E-state index contributed by atoms with van der Waals surface area (Å²) in [5, 5.41) is 9.41. The van der Waals surface area contributed by atoms with Crippen LogP contribution in [0.2, 0.25) is 0 Å². The van der Waals surface area contributed by atoms with Crippen LogP contribution < -0.4 is 9.47 Å². The van der Waals surface area contributed by atoms with E-state index in [0.717, 1.165) is 18.4 Å². The van der Waals surface area contributed by atoms with Crippen molar-refractivity contribution in [3.05, 3.63) is 23.8 Å². The number of rotatable bonds is 5. The van der Waals surface area contributed by atoms with Gasteiger partial charge in [0.1, 0.15) is 6.10 Å². The van der Waals surface area contributed by atoms with Crippen LogP contribution in [0.25, 0.3) is 0 Å². The molecule has 1 heterocycles. The highest BCUT2D eigenvalue weighted by Gasteiger charge is 2.52. The van der Waals surface area contributed by atoms with Crippen LogP contribution in [0.4, 0.5) is 0 Å². The molecule has 0 amide bonds. The first kappa shape index (κ1) is 14.2. The molecule has 114 valence electrons. The van der Waals surface area contributed by atoms with Gasteiger partial charge in [0.2, 0.25) is 0 Å². The normalized spacial score (nSPS) is 20.8. The van der Waals surface area contributed by atoms with E-state index in [-0.39, 0.29) is 6.10 Å². The summed E-state index contributed by atoms with van der Waals surface area (Å²) in [6.07, 6.45) is 3.16. The molecule has 21 heavy (non-hydrogen) atoms. The molecular weight excluding hydrogens is 272 g/mol. The fraction of sp³-hybridized carbons (Fsp3) is 0.562. The van der Waals surface area contributed by atoms with E-state index >= 15 is 0 Å². The van der Waals surface area contributed by atoms with E-state index in [9.17, 15) is 9.90 Å². The monoisotopic (exact) mass is 292 g/mol. The molecule has 2 fully saturated rings. The Morgan fingerprint density at radius 3 is 2.57 bits per heavy atom. The number of hydrogen-bond donors (Lipinski definition) is 1. The van der Waals surface area contributed by atoms with Crippen LogP contribution in [0.15, 0.2) is 18.2 Å². The van der Waals surface area contributed by atoms with Gasteiger partial charge in [-0.05, 0) is 30.5 Å². The fourth-order valence-electron chi connectivity index (χ4n) is 2.79. The molecule has 1 aliphatic carbocycles. The molecular formula is C16H20O5. The molecule has 1 N–H and O–H groups in total. The summed E-state index contributed by atoms with van der Waals surface area (Å²) in [6, 6.07) is 5.46. The van der Waals surface area contributed by atoms with E-state index in [4.69, 9.17) is 14.2 Å². The van der Waals surface area contributed by atoms with Crippen molar-refractivity contribution < 1.29 is 24.1 Å². The summed E-state index contributed by atoms with van der Waals surface area (Å²) in [5.41, 5.74) is 0.0814. The molecule has 5 nitrogen and oxygen atoms in total. The average Bonchev–Trinajstić information content (AvgIpc) is 3.30. The minimum atomic E-state index is -0.760. The zero-order chi connectivity index (χ0) is 14.9. The predicted octanol–water partition coefficient (Wildman–Crippen LogP) is 2.37. The Morgan fingerprint density at radius 1 is 1.29 bits per heavy atom. The van der Waals surface area contributed by atoms with Crippen molar-refractivity contribution in [2.45, 2.75) is 37.2 Å². The molecule has 0 radical (unpaired) electrons. The van der Waals surface area contributed by atoms with Crippen LogP contribution in [0.1, 0.15) is 31.2 Å². The molecule has 3 rings (SSSR count). The Morgan fingerprint density at radius 2 is 2.00 bits per heavy atom. The smallest absolute Gasteiger partial charge is 0.314 e. The number of hydrogen-bond acceptors (Lipinski definition) is 4. The fourth-order valence-corrected chi connectivity index (χ4v) is 2.79. The highest BCUT2D eigenvalue weighted by molar-refractivity contribution is 5.85. The maximum Gasteiger partial charge on any atom is 0.314 e. The Balaban J connectivity index is 1.85. The Bertz CT molecular complexity index is 529. The minimum absolute atomic E-state index is 0.0999. The van der Waals surface area contributed by atoms with Gasteiger partial charge in [0.15, 0.2) is 11.5 Å². The summed E-state index contributed by atoms with van der Waals surface area (Å²) in [6.45, 7) is 1.40. The Hall–Kier alpha value is -1.75. The van der Waals surface area contributed by atoms with Gasteiger partial charge < -0.3 is 19.3 Å². The highest BCUT2D eigenvalue weighted by Crippen LogP contribution is 2.50. The van der Waals surface area contributed by atoms with E-state index in [1.807, 2.05) is 12.1 Å². The van der Waals surface area contributed by atoms with Crippen molar-refractivity contribution in [1.82, 2.24) is 0 Å². The molecule has 1 saturated carbocycles. The lowest BCUT2D eigenvalue weighted by Gasteiger charge is -2.25.